The summed E-state index contributed by atoms with van der Waals surface area (Å²) in [6.45, 7) is 9.56. The van der Waals surface area contributed by atoms with Crippen LogP contribution in [0.1, 0.15) is 54.4 Å². The highest BCUT2D eigenvalue weighted by molar-refractivity contribution is 6.46. The van der Waals surface area contributed by atoms with Crippen molar-refractivity contribution < 1.29 is 39.2 Å². The van der Waals surface area contributed by atoms with Crippen LogP contribution in [-0.2, 0) is 23.9 Å². The largest absolute Gasteiger partial charge is 0.454 e. The van der Waals surface area contributed by atoms with E-state index in [0.29, 0.717) is 5.57 Å². The van der Waals surface area contributed by atoms with E-state index in [-0.39, 0.29) is 25.0 Å². The SMILES string of the molecule is CC(=O)O[C@@]12CO[C@@H]1C[C@H](O)[C@@]1(C)C(=O)C(=O)C3=C(C)[C@@H](O)C[C@@](O)([C@@H](C)[C@H]21)C3(C)C. The molecule has 0 aromatic carbocycles. The van der Waals surface area contributed by atoms with Crippen LogP contribution in [0, 0.1) is 22.7 Å². The highest BCUT2D eigenvalue weighted by atomic mass is 16.6. The Morgan fingerprint density at radius 1 is 1.19 bits per heavy atom. The monoisotopic (exact) mass is 436 g/mol. The second-order valence-electron chi connectivity index (χ2n) is 10.6. The molecule has 1 aliphatic heterocycles. The lowest BCUT2D eigenvalue weighted by atomic mass is 9.43. The first-order valence-corrected chi connectivity index (χ1v) is 10.9. The molecule has 0 aromatic rings. The van der Waals surface area contributed by atoms with Crippen LogP contribution in [0.3, 0.4) is 0 Å². The number of carbonyl (C=O) groups is 3. The standard InChI is InChI=1S/C23H32O8/c1-10-13(25)8-23(29)11(2)18-21(6,19(28)17(27)16(10)20(23,4)5)14(26)7-15-22(18,9-30-15)31-12(3)24/h11,13-15,18,25-26,29H,7-9H2,1-6H3/t11-,13-,14-,15+,18-,21+,22-,23+/m0/s1. The second kappa shape index (κ2) is 6.47. The number of hydrogen-bond donors (Lipinski definition) is 3. The number of ketones is 2. The Kier molecular flexibility index (Phi) is 4.71. The van der Waals surface area contributed by atoms with Gasteiger partial charge < -0.3 is 24.8 Å². The van der Waals surface area contributed by atoms with Gasteiger partial charge in [0, 0.05) is 36.7 Å². The molecule has 8 atom stereocenters. The minimum atomic E-state index is -1.60. The van der Waals surface area contributed by atoms with Crippen LogP contribution in [0.25, 0.3) is 0 Å². The van der Waals surface area contributed by atoms with Gasteiger partial charge in [0.05, 0.1) is 29.8 Å². The molecule has 3 N–H and O–H groups in total. The van der Waals surface area contributed by atoms with Crippen LogP contribution in [0.4, 0.5) is 0 Å². The molecule has 3 aliphatic carbocycles. The number of aliphatic hydroxyl groups excluding tert-OH is 2. The van der Waals surface area contributed by atoms with Gasteiger partial charge in [0.15, 0.2) is 5.60 Å². The molecule has 2 saturated carbocycles. The molecular formula is C23H32O8. The van der Waals surface area contributed by atoms with Crippen molar-refractivity contribution in [3.63, 3.8) is 0 Å². The third-order valence-electron chi connectivity index (χ3n) is 8.97. The number of ether oxygens (including phenoxy) is 2. The summed E-state index contributed by atoms with van der Waals surface area (Å²) in [7, 11) is 0. The Labute approximate surface area is 181 Å². The Hall–Kier alpha value is -1.61. The quantitative estimate of drug-likeness (QED) is 0.405. The lowest BCUT2D eigenvalue weighted by Crippen LogP contribution is -2.79. The summed E-state index contributed by atoms with van der Waals surface area (Å²) in [5, 5.41) is 33.9. The summed E-state index contributed by atoms with van der Waals surface area (Å²) in [5.41, 5.74) is -5.12. The molecule has 4 rings (SSSR count). The zero-order valence-corrected chi connectivity index (χ0v) is 18.9. The van der Waals surface area contributed by atoms with E-state index in [1.54, 1.807) is 27.7 Å². The molecule has 0 aromatic heterocycles. The molecule has 8 nitrogen and oxygen atoms in total. The molecule has 0 amide bonds. The average molecular weight is 437 g/mol. The van der Waals surface area contributed by atoms with Crippen molar-refractivity contribution in [1.82, 2.24) is 0 Å². The minimum Gasteiger partial charge on any atom is -0.454 e. The van der Waals surface area contributed by atoms with Crippen LogP contribution >= 0.6 is 0 Å². The van der Waals surface area contributed by atoms with E-state index >= 15 is 0 Å². The van der Waals surface area contributed by atoms with Gasteiger partial charge in [-0.25, -0.2) is 0 Å². The van der Waals surface area contributed by atoms with Gasteiger partial charge in [-0.05, 0) is 25.3 Å². The number of fused-ring (bicyclic) bond motifs is 5. The summed E-state index contributed by atoms with van der Waals surface area (Å²) in [6, 6.07) is 0. The van der Waals surface area contributed by atoms with E-state index in [4.69, 9.17) is 9.47 Å². The first kappa shape index (κ1) is 22.6. The molecular weight excluding hydrogens is 404 g/mol. The maximum atomic E-state index is 13.8. The molecule has 1 saturated heterocycles. The molecule has 3 fully saturated rings. The maximum absolute atomic E-state index is 13.8. The Morgan fingerprint density at radius 2 is 1.81 bits per heavy atom. The first-order valence-electron chi connectivity index (χ1n) is 10.9. The zero-order chi connectivity index (χ0) is 23.3. The van der Waals surface area contributed by atoms with Crippen LogP contribution < -0.4 is 0 Å². The average Bonchev–Trinajstić information content (AvgIpc) is 2.65. The third-order valence-corrected chi connectivity index (χ3v) is 8.97. The zero-order valence-electron chi connectivity index (χ0n) is 18.9. The van der Waals surface area contributed by atoms with E-state index in [1.165, 1.54) is 13.8 Å². The number of esters is 1. The molecule has 0 unspecified atom stereocenters. The van der Waals surface area contributed by atoms with Crippen LogP contribution in [0.15, 0.2) is 11.1 Å². The second-order valence-corrected chi connectivity index (χ2v) is 10.6. The summed E-state index contributed by atoms with van der Waals surface area (Å²) < 4.78 is 11.4. The summed E-state index contributed by atoms with van der Waals surface area (Å²) in [4.78, 5) is 39.4. The molecule has 172 valence electrons. The van der Waals surface area contributed by atoms with E-state index in [0.717, 1.165) is 0 Å². The topological polar surface area (TPSA) is 130 Å². The van der Waals surface area contributed by atoms with Crippen molar-refractivity contribution in [2.24, 2.45) is 22.7 Å². The normalized spacial score (nSPS) is 48.7. The van der Waals surface area contributed by atoms with Gasteiger partial charge >= 0.3 is 5.97 Å². The van der Waals surface area contributed by atoms with Crippen LogP contribution in [0.5, 0.6) is 0 Å². The molecule has 2 bridgehead atoms. The van der Waals surface area contributed by atoms with Crippen LogP contribution in [-0.4, -0.2) is 69.0 Å². The fourth-order valence-corrected chi connectivity index (χ4v) is 7.18. The van der Waals surface area contributed by atoms with E-state index < -0.39 is 69.7 Å². The number of rotatable bonds is 1. The van der Waals surface area contributed by atoms with Crippen molar-refractivity contribution in [2.75, 3.05) is 6.61 Å². The Bertz CT molecular complexity index is 905. The van der Waals surface area contributed by atoms with E-state index in [1.807, 2.05) is 0 Å². The van der Waals surface area contributed by atoms with Gasteiger partial charge in [0.25, 0.3) is 0 Å². The summed E-state index contributed by atoms with van der Waals surface area (Å²) in [5.74, 6) is -3.77. The van der Waals surface area contributed by atoms with Gasteiger partial charge in [-0.15, -0.1) is 0 Å². The molecule has 8 heteroatoms. The van der Waals surface area contributed by atoms with Gasteiger partial charge in [0.1, 0.15) is 6.10 Å². The lowest BCUT2D eigenvalue weighted by molar-refractivity contribution is -0.336. The minimum absolute atomic E-state index is 0.0107. The molecule has 0 radical (unpaired) electrons. The van der Waals surface area contributed by atoms with Crippen molar-refractivity contribution in [3.8, 4) is 0 Å². The number of hydrogen-bond acceptors (Lipinski definition) is 8. The van der Waals surface area contributed by atoms with Crippen molar-refractivity contribution >= 4 is 17.5 Å². The molecule has 1 heterocycles. The van der Waals surface area contributed by atoms with E-state index in [9.17, 15) is 29.7 Å². The first-order chi connectivity index (χ1) is 14.2. The lowest BCUT2D eigenvalue weighted by Gasteiger charge is -2.67. The number of Topliss-reactive ketones (excluding diaryl/α,β-unsaturated/α-hetero) is 2. The summed E-state index contributed by atoms with van der Waals surface area (Å²) >= 11 is 0. The highest BCUT2D eigenvalue weighted by Crippen LogP contribution is 2.64. The molecule has 31 heavy (non-hydrogen) atoms. The Balaban J connectivity index is 2.03. The smallest absolute Gasteiger partial charge is 0.303 e. The number of carbonyl (C=O) groups excluding carboxylic acids is 3. The predicted molar refractivity (Wildman–Crippen MR) is 108 cm³/mol. The van der Waals surface area contributed by atoms with E-state index in [2.05, 4.69) is 0 Å². The third kappa shape index (κ3) is 2.47. The molecule has 4 aliphatic rings. The summed E-state index contributed by atoms with van der Waals surface area (Å²) in [6.07, 6.45) is -2.97. The Morgan fingerprint density at radius 3 is 2.32 bits per heavy atom. The fourth-order valence-electron chi connectivity index (χ4n) is 7.18. The molecule has 0 spiro atoms. The van der Waals surface area contributed by atoms with Gasteiger partial charge in [-0.2, -0.15) is 0 Å². The van der Waals surface area contributed by atoms with Gasteiger partial charge in [-0.1, -0.05) is 20.8 Å². The van der Waals surface area contributed by atoms with Crippen molar-refractivity contribution in [1.29, 1.82) is 0 Å². The van der Waals surface area contributed by atoms with Crippen molar-refractivity contribution in [2.45, 2.75) is 83.9 Å². The van der Waals surface area contributed by atoms with Gasteiger partial charge in [0.2, 0.25) is 11.6 Å². The van der Waals surface area contributed by atoms with Crippen LogP contribution in [0.2, 0.25) is 0 Å². The van der Waals surface area contributed by atoms with Gasteiger partial charge in [-0.3, -0.25) is 14.4 Å². The van der Waals surface area contributed by atoms with Crippen molar-refractivity contribution in [3.05, 3.63) is 11.1 Å². The maximum Gasteiger partial charge on any atom is 0.303 e. The predicted octanol–water partition coefficient (Wildman–Crippen LogP) is 0.700. The highest BCUT2D eigenvalue weighted by Gasteiger charge is 2.75. The number of aliphatic hydroxyl groups is 3. The fraction of sp³-hybridized carbons (Fsp3) is 0.783.